The molecular formula is C17H29ClN4O3S. The molecule has 1 saturated heterocycles. The monoisotopic (exact) mass is 404 g/mol. The van der Waals surface area contributed by atoms with E-state index in [0.717, 1.165) is 32.7 Å². The van der Waals surface area contributed by atoms with Crippen LogP contribution in [0, 0.1) is 5.92 Å². The van der Waals surface area contributed by atoms with Crippen molar-refractivity contribution in [3.63, 3.8) is 0 Å². The summed E-state index contributed by atoms with van der Waals surface area (Å²) in [6.45, 7) is 9.61. The fraction of sp³-hybridized carbons (Fsp3) is 0.588. The molecule has 1 heterocycles. The van der Waals surface area contributed by atoms with Gasteiger partial charge in [0.2, 0.25) is 10.0 Å². The number of sulfonamides is 1. The van der Waals surface area contributed by atoms with Crippen LogP contribution in [0.5, 0.6) is 0 Å². The summed E-state index contributed by atoms with van der Waals surface area (Å²) in [5, 5.41) is 6.17. The highest BCUT2D eigenvalue weighted by Gasteiger charge is 2.15. The van der Waals surface area contributed by atoms with Gasteiger partial charge in [0.05, 0.1) is 4.90 Å². The minimum absolute atomic E-state index is 0. The van der Waals surface area contributed by atoms with E-state index < -0.39 is 10.0 Å². The van der Waals surface area contributed by atoms with Crippen LogP contribution in [0.4, 0.5) is 0 Å². The van der Waals surface area contributed by atoms with Gasteiger partial charge in [-0.15, -0.1) is 12.4 Å². The molecule has 0 aromatic heterocycles. The third-order valence-corrected chi connectivity index (χ3v) is 5.47. The number of amides is 1. The molecule has 148 valence electrons. The first kappa shape index (κ1) is 22.9. The van der Waals surface area contributed by atoms with E-state index in [0.29, 0.717) is 18.7 Å². The van der Waals surface area contributed by atoms with E-state index in [4.69, 9.17) is 0 Å². The lowest BCUT2D eigenvalue weighted by Gasteiger charge is -2.27. The SMILES string of the molecule is CC(C)CNS(=O)(=O)c1ccc(C(=O)NCCN2CCNCC2)cc1.Cl. The van der Waals surface area contributed by atoms with Crippen molar-refractivity contribution in [2.45, 2.75) is 18.7 Å². The van der Waals surface area contributed by atoms with Crippen LogP contribution < -0.4 is 15.4 Å². The maximum absolute atomic E-state index is 12.2. The third-order valence-electron chi connectivity index (χ3n) is 4.03. The number of carbonyl (C=O) groups excluding carboxylic acids is 1. The van der Waals surface area contributed by atoms with E-state index in [1.54, 1.807) is 12.1 Å². The molecule has 1 fully saturated rings. The number of hydrogen-bond acceptors (Lipinski definition) is 5. The van der Waals surface area contributed by atoms with Gasteiger partial charge in [-0.05, 0) is 30.2 Å². The molecule has 0 unspecified atom stereocenters. The van der Waals surface area contributed by atoms with Gasteiger partial charge in [-0.1, -0.05) is 13.8 Å². The Kier molecular flexibility index (Phi) is 9.52. The minimum Gasteiger partial charge on any atom is -0.351 e. The summed E-state index contributed by atoms with van der Waals surface area (Å²) in [6, 6.07) is 6.02. The Morgan fingerprint density at radius 3 is 2.38 bits per heavy atom. The molecule has 1 aliphatic heterocycles. The summed E-state index contributed by atoms with van der Waals surface area (Å²) in [4.78, 5) is 14.6. The van der Waals surface area contributed by atoms with Crippen molar-refractivity contribution >= 4 is 28.3 Å². The largest absolute Gasteiger partial charge is 0.351 e. The quantitative estimate of drug-likeness (QED) is 0.592. The number of benzene rings is 1. The van der Waals surface area contributed by atoms with Gasteiger partial charge < -0.3 is 10.6 Å². The zero-order valence-corrected chi connectivity index (χ0v) is 17.0. The molecule has 1 aromatic carbocycles. The predicted octanol–water partition coefficient (Wildman–Crippen LogP) is 0.678. The number of nitrogens with one attached hydrogen (secondary N) is 3. The average Bonchev–Trinajstić information content (AvgIpc) is 2.61. The van der Waals surface area contributed by atoms with Gasteiger partial charge in [0.15, 0.2) is 0 Å². The van der Waals surface area contributed by atoms with Crippen LogP contribution in [0.15, 0.2) is 29.2 Å². The first-order valence-corrected chi connectivity index (χ1v) is 10.2. The molecule has 1 aromatic rings. The Morgan fingerprint density at radius 1 is 1.19 bits per heavy atom. The van der Waals surface area contributed by atoms with Gasteiger partial charge in [0.1, 0.15) is 0 Å². The molecule has 1 amide bonds. The molecular weight excluding hydrogens is 376 g/mol. The number of halogens is 1. The van der Waals surface area contributed by atoms with Gasteiger partial charge in [-0.25, -0.2) is 13.1 Å². The van der Waals surface area contributed by atoms with Crippen LogP contribution in [0.2, 0.25) is 0 Å². The highest BCUT2D eigenvalue weighted by Crippen LogP contribution is 2.11. The standard InChI is InChI=1S/C17H28N4O3S.ClH/c1-14(2)13-20-25(23,24)16-5-3-15(4-6-16)17(22)19-9-12-21-10-7-18-8-11-21;/h3-6,14,18,20H,7-13H2,1-2H3,(H,19,22);1H. The van der Waals surface area contributed by atoms with Crippen molar-refractivity contribution in [2.75, 3.05) is 45.8 Å². The summed E-state index contributed by atoms with van der Waals surface area (Å²) in [5.74, 6) is 0.0460. The summed E-state index contributed by atoms with van der Waals surface area (Å²) in [5.41, 5.74) is 0.461. The molecule has 26 heavy (non-hydrogen) atoms. The molecule has 1 aliphatic rings. The smallest absolute Gasteiger partial charge is 0.251 e. The van der Waals surface area contributed by atoms with Crippen LogP contribution in [-0.2, 0) is 10.0 Å². The third kappa shape index (κ3) is 7.20. The Hall–Kier alpha value is -1.19. The highest BCUT2D eigenvalue weighted by atomic mass is 35.5. The first-order valence-electron chi connectivity index (χ1n) is 8.69. The van der Waals surface area contributed by atoms with E-state index in [1.165, 1.54) is 12.1 Å². The Bertz CT molecular complexity index is 659. The molecule has 0 radical (unpaired) electrons. The highest BCUT2D eigenvalue weighted by molar-refractivity contribution is 7.89. The van der Waals surface area contributed by atoms with Crippen LogP contribution in [0.25, 0.3) is 0 Å². The number of rotatable bonds is 8. The fourth-order valence-corrected chi connectivity index (χ4v) is 3.72. The Morgan fingerprint density at radius 2 is 1.81 bits per heavy atom. The summed E-state index contributed by atoms with van der Waals surface area (Å²) in [7, 11) is -3.52. The van der Waals surface area contributed by atoms with Gasteiger partial charge in [-0.3, -0.25) is 9.69 Å². The topological polar surface area (TPSA) is 90.5 Å². The summed E-state index contributed by atoms with van der Waals surface area (Å²) >= 11 is 0. The number of nitrogens with zero attached hydrogens (tertiary/aromatic N) is 1. The molecule has 2 rings (SSSR count). The number of carbonyl (C=O) groups is 1. The molecule has 0 saturated carbocycles. The zero-order valence-electron chi connectivity index (χ0n) is 15.3. The van der Waals surface area contributed by atoms with Crippen molar-refractivity contribution in [3.8, 4) is 0 Å². The van der Waals surface area contributed by atoms with E-state index in [2.05, 4.69) is 20.3 Å². The lowest BCUT2D eigenvalue weighted by atomic mass is 10.2. The predicted molar refractivity (Wildman–Crippen MR) is 105 cm³/mol. The van der Waals surface area contributed by atoms with Crippen molar-refractivity contribution in [3.05, 3.63) is 29.8 Å². The minimum atomic E-state index is -3.52. The second-order valence-corrected chi connectivity index (χ2v) is 8.38. The van der Waals surface area contributed by atoms with Crippen LogP contribution in [0.1, 0.15) is 24.2 Å². The van der Waals surface area contributed by atoms with E-state index in [9.17, 15) is 13.2 Å². The summed E-state index contributed by atoms with van der Waals surface area (Å²) < 4.78 is 26.8. The molecule has 0 bridgehead atoms. The van der Waals surface area contributed by atoms with Crippen LogP contribution in [-0.4, -0.2) is 65.0 Å². The van der Waals surface area contributed by atoms with Gasteiger partial charge in [-0.2, -0.15) is 0 Å². The van der Waals surface area contributed by atoms with Crippen LogP contribution >= 0.6 is 12.4 Å². The molecule has 0 spiro atoms. The van der Waals surface area contributed by atoms with Gasteiger partial charge in [0.25, 0.3) is 5.91 Å². The second kappa shape index (κ2) is 10.8. The van der Waals surface area contributed by atoms with Gasteiger partial charge in [0, 0.05) is 51.4 Å². The molecule has 3 N–H and O–H groups in total. The van der Waals surface area contributed by atoms with E-state index in [-0.39, 0.29) is 29.1 Å². The van der Waals surface area contributed by atoms with Crippen LogP contribution in [0.3, 0.4) is 0 Å². The Balaban J connectivity index is 0.00000338. The van der Waals surface area contributed by atoms with Crippen molar-refractivity contribution in [1.82, 2.24) is 20.3 Å². The summed E-state index contributed by atoms with van der Waals surface area (Å²) in [6.07, 6.45) is 0. The lowest BCUT2D eigenvalue weighted by Crippen LogP contribution is -2.46. The lowest BCUT2D eigenvalue weighted by molar-refractivity contribution is 0.0947. The number of piperazine rings is 1. The normalized spacial score (nSPS) is 15.5. The first-order chi connectivity index (χ1) is 11.9. The maximum atomic E-state index is 12.2. The fourth-order valence-electron chi connectivity index (χ4n) is 2.51. The van der Waals surface area contributed by atoms with Crippen molar-refractivity contribution in [1.29, 1.82) is 0 Å². The average molecular weight is 405 g/mol. The van der Waals surface area contributed by atoms with E-state index in [1.807, 2.05) is 13.8 Å². The van der Waals surface area contributed by atoms with E-state index >= 15 is 0 Å². The zero-order chi connectivity index (χ0) is 18.3. The van der Waals surface area contributed by atoms with Crippen molar-refractivity contribution < 1.29 is 13.2 Å². The second-order valence-electron chi connectivity index (χ2n) is 6.62. The number of hydrogen-bond donors (Lipinski definition) is 3. The van der Waals surface area contributed by atoms with Crippen molar-refractivity contribution in [2.24, 2.45) is 5.92 Å². The molecule has 7 nitrogen and oxygen atoms in total. The maximum Gasteiger partial charge on any atom is 0.251 e. The Labute approximate surface area is 162 Å². The molecule has 0 atom stereocenters. The molecule has 9 heteroatoms. The van der Waals surface area contributed by atoms with Gasteiger partial charge >= 0.3 is 0 Å². The molecule has 0 aliphatic carbocycles.